The highest BCUT2D eigenvalue weighted by atomic mass is 28.5. The van der Waals surface area contributed by atoms with Crippen LogP contribution in [0.3, 0.4) is 0 Å². The van der Waals surface area contributed by atoms with Crippen molar-refractivity contribution in [3.63, 3.8) is 0 Å². The Bertz CT molecular complexity index is 750. The standard InChI is InChI=1S/C21H24O2Si3/c1-24(19-13-7-4-8-14-19)22-26(3,21-17-11-6-12-18-21)23-25(2)20-15-9-5-10-16-20/h4-18H,1-3H3. The lowest BCUT2D eigenvalue weighted by molar-refractivity contribution is 0.429. The molecule has 0 aliphatic carbocycles. The van der Waals surface area contributed by atoms with Gasteiger partial charge in [-0.2, -0.15) is 0 Å². The van der Waals surface area contributed by atoms with Crippen molar-refractivity contribution in [2.24, 2.45) is 0 Å². The van der Waals surface area contributed by atoms with Gasteiger partial charge in [0.15, 0.2) is 0 Å². The second-order valence-corrected chi connectivity index (χ2v) is 13.8. The predicted molar refractivity (Wildman–Crippen MR) is 115 cm³/mol. The minimum Gasteiger partial charge on any atom is -0.429 e. The summed E-state index contributed by atoms with van der Waals surface area (Å²) in [6.07, 6.45) is 0. The van der Waals surface area contributed by atoms with Crippen LogP contribution in [-0.2, 0) is 8.23 Å². The lowest BCUT2D eigenvalue weighted by atomic mass is 10.4. The van der Waals surface area contributed by atoms with Gasteiger partial charge in [0.25, 0.3) is 0 Å². The van der Waals surface area contributed by atoms with Crippen molar-refractivity contribution in [1.82, 2.24) is 0 Å². The van der Waals surface area contributed by atoms with Gasteiger partial charge < -0.3 is 8.23 Å². The topological polar surface area (TPSA) is 18.5 Å². The number of benzene rings is 3. The van der Waals surface area contributed by atoms with E-state index in [1.54, 1.807) is 0 Å². The maximum absolute atomic E-state index is 6.75. The van der Waals surface area contributed by atoms with Crippen LogP contribution < -0.4 is 15.6 Å². The summed E-state index contributed by atoms with van der Waals surface area (Å²) in [4.78, 5) is 0. The van der Waals surface area contributed by atoms with Crippen molar-refractivity contribution < 1.29 is 8.23 Å². The average molecular weight is 393 g/mol. The van der Waals surface area contributed by atoms with E-state index in [1.807, 2.05) is 18.2 Å². The second-order valence-electron chi connectivity index (χ2n) is 6.36. The Morgan fingerprint density at radius 1 is 0.577 bits per heavy atom. The maximum Gasteiger partial charge on any atom is 0.349 e. The molecular weight excluding hydrogens is 368 g/mol. The highest BCUT2D eigenvalue weighted by molar-refractivity contribution is 6.92. The summed E-state index contributed by atoms with van der Waals surface area (Å²) < 4.78 is 13.5. The summed E-state index contributed by atoms with van der Waals surface area (Å²) in [5.41, 5.74) is 0. The van der Waals surface area contributed by atoms with Gasteiger partial charge in [0.05, 0.1) is 0 Å². The molecule has 2 radical (unpaired) electrons. The fourth-order valence-corrected chi connectivity index (χ4v) is 12.2. The summed E-state index contributed by atoms with van der Waals surface area (Å²) >= 11 is 0. The highest BCUT2D eigenvalue weighted by Crippen LogP contribution is 2.12. The molecule has 0 saturated heterocycles. The van der Waals surface area contributed by atoms with Gasteiger partial charge in [0, 0.05) is 0 Å². The molecule has 0 unspecified atom stereocenters. The number of rotatable bonds is 7. The fraction of sp³-hybridized carbons (Fsp3) is 0.143. The maximum atomic E-state index is 6.75. The number of hydrogen-bond donors (Lipinski definition) is 0. The van der Waals surface area contributed by atoms with Gasteiger partial charge in [-0.3, -0.25) is 0 Å². The minimum absolute atomic E-state index is 1.14. The molecule has 0 aliphatic rings. The molecule has 0 spiro atoms. The largest absolute Gasteiger partial charge is 0.429 e. The predicted octanol–water partition coefficient (Wildman–Crippen LogP) is 3.06. The highest BCUT2D eigenvalue weighted by Gasteiger charge is 2.38. The third-order valence-corrected chi connectivity index (χ3v) is 13.6. The van der Waals surface area contributed by atoms with E-state index in [1.165, 1.54) is 15.6 Å². The summed E-state index contributed by atoms with van der Waals surface area (Å²) in [7, 11) is -4.82. The van der Waals surface area contributed by atoms with Crippen LogP contribution in [0, 0.1) is 0 Å². The molecule has 3 aromatic carbocycles. The summed E-state index contributed by atoms with van der Waals surface area (Å²) in [5.74, 6) is 0. The fourth-order valence-electron chi connectivity index (χ4n) is 2.93. The molecule has 0 amide bonds. The monoisotopic (exact) mass is 392 g/mol. The normalized spacial score (nSPS) is 11.9. The average Bonchev–Trinajstić information content (AvgIpc) is 2.70. The molecule has 132 valence electrons. The van der Waals surface area contributed by atoms with Gasteiger partial charge in [0.2, 0.25) is 18.1 Å². The van der Waals surface area contributed by atoms with Crippen molar-refractivity contribution in [2.45, 2.75) is 19.6 Å². The van der Waals surface area contributed by atoms with E-state index >= 15 is 0 Å². The zero-order valence-corrected chi connectivity index (χ0v) is 18.5. The van der Waals surface area contributed by atoms with E-state index in [9.17, 15) is 0 Å². The molecule has 0 heterocycles. The molecule has 0 atom stereocenters. The molecular formula is C21H24O2Si3. The van der Waals surface area contributed by atoms with E-state index in [2.05, 4.69) is 92.4 Å². The van der Waals surface area contributed by atoms with Crippen molar-refractivity contribution in [3.8, 4) is 0 Å². The first kappa shape index (κ1) is 19.0. The minimum atomic E-state index is -2.53. The molecule has 0 aromatic heterocycles. The van der Waals surface area contributed by atoms with Crippen LogP contribution in [0.15, 0.2) is 91.0 Å². The quantitative estimate of drug-likeness (QED) is 0.575. The van der Waals surface area contributed by atoms with Gasteiger partial charge in [-0.15, -0.1) is 0 Å². The van der Waals surface area contributed by atoms with Crippen molar-refractivity contribution in [3.05, 3.63) is 91.0 Å². The zero-order chi connectivity index (χ0) is 18.4. The smallest absolute Gasteiger partial charge is 0.349 e. The van der Waals surface area contributed by atoms with Crippen LogP contribution in [0.4, 0.5) is 0 Å². The molecule has 0 saturated carbocycles. The first-order valence-electron chi connectivity index (χ1n) is 8.80. The Hall–Kier alpha value is -1.77. The molecule has 2 nitrogen and oxygen atoms in total. The van der Waals surface area contributed by atoms with Crippen molar-refractivity contribution in [1.29, 1.82) is 0 Å². The van der Waals surface area contributed by atoms with Crippen LogP contribution in [0.2, 0.25) is 19.6 Å². The van der Waals surface area contributed by atoms with Crippen LogP contribution in [0.5, 0.6) is 0 Å². The van der Waals surface area contributed by atoms with E-state index in [4.69, 9.17) is 8.23 Å². The zero-order valence-electron chi connectivity index (χ0n) is 15.5. The molecule has 5 heteroatoms. The van der Waals surface area contributed by atoms with Crippen molar-refractivity contribution in [2.75, 3.05) is 0 Å². The lowest BCUT2D eigenvalue weighted by Crippen LogP contribution is -2.59. The van der Waals surface area contributed by atoms with Crippen LogP contribution in [0.25, 0.3) is 0 Å². The van der Waals surface area contributed by atoms with E-state index in [0.29, 0.717) is 0 Å². The SMILES string of the molecule is C[Si](O[Si](C)(O[Si](C)c1ccccc1)c1ccccc1)c1ccccc1. The molecule has 0 aliphatic heterocycles. The summed E-state index contributed by atoms with van der Waals surface area (Å²) in [6.45, 7) is 6.61. The summed E-state index contributed by atoms with van der Waals surface area (Å²) in [5, 5.41) is 3.75. The van der Waals surface area contributed by atoms with Crippen LogP contribution in [-0.4, -0.2) is 26.6 Å². The third-order valence-electron chi connectivity index (χ3n) is 4.35. The molecule has 0 fully saturated rings. The van der Waals surface area contributed by atoms with E-state index < -0.39 is 26.6 Å². The molecule has 26 heavy (non-hydrogen) atoms. The summed E-state index contributed by atoms with van der Waals surface area (Å²) in [6, 6.07) is 31.5. The number of hydrogen-bond acceptors (Lipinski definition) is 2. The van der Waals surface area contributed by atoms with E-state index in [0.717, 1.165) is 0 Å². The van der Waals surface area contributed by atoms with Gasteiger partial charge in [-0.05, 0) is 35.2 Å². The van der Waals surface area contributed by atoms with Crippen LogP contribution >= 0.6 is 0 Å². The third kappa shape index (κ3) is 4.69. The van der Waals surface area contributed by atoms with Crippen molar-refractivity contribution >= 4 is 42.2 Å². The Balaban J connectivity index is 1.87. The van der Waals surface area contributed by atoms with Crippen LogP contribution in [0.1, 0.15) is 0 Å². The van der Waals surface area contributed by atoms with Gasteiger partial charge >= 0.3 is 8.56 Å². The molecule has 3 aromatic rings. The van der Waals surface area contributed by atoms with E-state index in [-0.39, 0.29) is 0 Å². The Morgan fingerprint density at radius 2 is 0.923 bits per heavy atom. The molecule has 0 bridgehead atoms. The Morgan fingerprint density at radius 3 is 1.31 bits per heavy atom. The first-order valence-corrected chi connectivity index (χ1v) is 14.9. The van der Waals surface area contributed by atoms with Gasteiger partial charge in [-0.25, -0.2) is 0 Å². The molecule has 3 rings (SSSR count). The Kier molecular flexibility index (Phi) is 6.39. The van der Waals surface area contributed by atoms with Gasteiger partial charge in [0.1, 0.15) is 0 Å². The molecule has 0 N–H and O–H groups in total. The lowest BCUT2D eigenvalue weighted by Gasteiger charge is -2.33. The first-order chi connectivity index (χ1) is 12.6. The van der Waals surface area contributed by atoms with Gasteiger partial charge in [-0.1, -0.05) is 91.0 Å². The second kappa shape index (κ2) is 8.75. The Labute approximate surface area is 161 Å².